The van der Waals surface area contributed by atoms with E-state index in [1.807, 2.05) is 0 Å². The number of amides is 4. The predicted molar refractivity (Wildman–Crippen MR) is 208 cm³/mol. The Bertz CT molecular complexity index is 1050. The fourth-order valence-electron chi connectivity index (χ4n) is 8.47. The van der Waals surface area contributed by atoms with Crippen LogP contribution in [-0.4, -0.2) is 76.0 Å². The number of rotatable bonds is 24. The first-order chi connectivity index (χ1) is 26.2. The predicted octanol–water partition coefficient (Wildman–Crippen LogP) is 5.90. The molecule has 308 valence electrons. The zero-order valence-electron chi connectivity index (χ0n) is 33.5. The summed E-state index contributed by atoms with van der Waals surface area (Å²) < 4.78 is 9.65. The van der Waals surface area contributed by atoms with Gasteiger partial charge in [0.1, 0.15) is 0 Å². The molecule has 0 unspecified atom stereocenters. The molecule has 0 atom stereocenters. The summed E-state index contributed by atoms with van der Waals surface area (Å²) in [6, 6.07) is 0. The Morgan fingerprint density at radius 1 is 0.333 bits per heavy atom. The first-order valence-electron chi connectivity index (χ1n) is 21.5. The lowest BCUT2D eigenvalue weighted by molar-refractivity contribution is -0.148. The third-order valence-corrected chi connectivity index (χ3v) is 12.1. The van der Waals surface area contributed by atoms with Crippen molar-refractivity contribution in [3.05, 3.63) is 0 Å². The Labute approximate surface area is 324 Å². The van der Waals surface area contributed by atoms with Crippen molar-refractivity contribution in [2.75, 3.05) is 40.4 Å². The normalized spacial score (nSPS) is 24.1. The van der Waals surface area contributed by atoms with Crippen LogP contribution in [0, 0.1) is 35.5 Å². The molecule has 3 aliphatic carbocycles. The van der Waals surface area contributed by atoms with Crippen LogP contribution in [0.25, 0.3) is 0 Å². The number of hydrogen-bond acceptors (Lipinski definition) is 8. The second-order valence-corrected chi connectivity index (χ2v) is 16.1. The molecule has 0 bridgehead atoms. The van der Waals surface area contributed by atoms with Gasteiger partial charge in [-0.15, -0.1) is 0 Å². The first kappa shape index (κ1) is 45.2. The van der Waals surface area contributed by atoms with Gasteiger partial charge >= 0.3 is 11.9 Å². The van der Waals surface area contributed by atoms with Gasteiger partial charge in [0.15, 0.2) is 0 Å². The number of methoxy groups -OCH3 is 2. The van der Waals surface area contributed by atoms with Crippen LogP contribution in [0.5, 0.6) is 0 Å². The van der Waals surface area contributed by atoms with Crippen molar-refractivity contribution >= 4 is 35.6 Å². The summed E-state index contributed by atoms with van der Waals surface area (Å²) in [6.07, 6.45) is 21.6. The van der Waals surface area contributed by atoms with Crippen molar-refractivity contribution in [2.24, 2.45) is 35.5 Å². The Kier molecular flexibility index (Phi) is 22.3. The van der Waals surface area contributed by atoms with Gasteiger partial charge in [0.25, 0.3) is 0 Å². The molecule has 0 radical (unpaired) electrons. The number of unbranched alkanes of at least 4 members (excludes halogenated alkanes) is 10. The molecule has 0 aromatic rings. The lowest BCUT2D eigenvalue weighted by Gasteiger charge is -2.27. The molecule has 3 fully saturated rings. The van der Waals surface area contributed by atoms with Gasteiger partial charge in [-0.3, -0.25) is 28.8 Å². The number of ether oxygens (including phenoxy) is 2. The van der Waals surface area contributed by atoms with Crippen LogP contribution in [0.3, 0.4) is 0 Å². The third kappa shape index (κ3) is 17.1. The number of carbonyl (C=O) groups excluding carboxylic acids is 6. The van der Waals surface area contributed by atoms with Crippen molar-refractivity contribution < 1.29 is 38.2 Å². The van der Waals surface area contributed by atoms with Crippen LogP contribution in [-0.2, 0) is 38.2 Å². The average Bonchev–Trinajstić information content (AvgIpc) is 3.21. The summed E-state index contributed by atoms with van der Waals surface area (Å²) in [6.45, 7) is 2.80. The molecule has 0 saturated heterocycles. The van der Waals surface area contributed by atoms with E-state index in [1.165, 1.54) is 14.2 Å². The van der Waals surface area contributed by atoms with E-state index in [1.54, 1.807) is 0 Å². The number of hydrogen-bond donors (Lipinski definition) is 4. The molecule has 0 aromatic carbocycles. The SMILES string of the molecule is COC(=O)C1CCC(C(=O)NCCCCCCCCNC(=O)C2CCC(C(=O)NCCCCCCCCNC(=O)C3CCC(C(=O)OC)CC3)CC2)CC1. The highest BCUT2D eigenvalue weighted by molar-refractivity contribution is 5.81. The third-order valence-electron chi connectivity index (χ3n) is 12.1. The number of esters is 2. The quantitative estimate of drug-likeness (QED) is 0.0697. The fourth-order valence-corrected chi connectivity index (χ4v) is 8.47. The van der Waals surface area contributed by atoms with Crippen molar-refractivity contribution in [1.29, 1.82) is 0 Å². The Balaban J connectivity index is 1.06. The van der Waals surface area contributed by atoms with Crippen LogP contribution in [0.1, 0.15) is 154 Å². The average molecular weight is 761 g/mol. The smallest absolute Gasteiger partial charge is 0.308 e. The molecule has 12 heteroatoms. The second-order valence-electron chi connectivity index (χ2n) is 16.1. The monoisotopic (exact) mass is 761 g/mol. The van der Waals surface area contributed by atoms with Gasteiger partial charge in [-0.1, -0.05) is 51.4 Å². The lowest BCUT2D eigenvalue weighted by atomic mass is 9.81. The summed E-state index contributed by atoms with van der Waals surface area (Å²) >= 11 is 0. The van der Waals surface area contributed by atoms with Gasteiger partial charge in [0.2, 0.25) is 23.6 Å². The fraction of sp³-hybridized carbons (Fsp3) is 0.857. The van der Waals surface area contributed by atoms with Gasteiger partial charge in [0.05, 0.1) is 26.1 Å². The molecule has 4 N–H and O–H groups in total. The van der Waals surface area contributed by atoms with E-state index >= 15 is 0 Å². The van der Waals surface area contributed by atoms with Crippen molar-refractivity contribution in [3.8, 4) is 0 Å². The van der Waals surface area contributed by atoms with E-state index in [9.17, 15) is 28.8 Å². The largest absolute Gasteiger partial charge is 0.469 e. The van der Waals surface area contributed by atoms with E-state index in [0.717, 1.165) is 154 Å². The molecule has 0 aromatic heterocycles. The molecular formula is C42H72N4O8. The van der Waals surface area contributed by atoms with Crippen LogP contribution < -0.4 is 21.3 Å². The Hall–Kier alpha value is -3.18. The summed E-state index contributed by atoms with van der Waals surface area (Å²) in [5.74, 6) is 0.105. The van der Waals surface area contributed by atoms with Crippen LogP contribution in [0.2, 0.25) is 0 Å². The van der Waals surface area contributed by atoms with Crippen molar-refractivity contribution in [1.82, 2.24) is 21.3 Å². The van der Waals surface area contributed by atoms with Gasteiger partial charge < -0.3 is 30.7 Å². The topological polar surface area (TPSA) is 169 Å². The number of nitrogens with one attached hydrogen (secondary N) is 4. The van der Waals surface area contributed by atoms with Crippen LogP contribution in [0.15, 0.2) is 0 Å². The maximum atomic E-state index is 12.7. The standard InChI is InChI=1S/C42H72N4O8/c1-53-41(51)35-23-19-33(20-24-35)39(49)45-29-13-9-5-3-7-11-27-43-37(47)31-15-17-32(18-16-31)38(48)44-28-12-8-4-6-10-14-30-46-40(50)34-21-25-36(26-22-34)42(52)54-2/h31-36H,3-30H2,1-2H3,(H,43,47)(H,44,48)(H,45,49)(H,46,50). The molecule has 0 aliphatic heterocycles. The Morgan fingerprint density at radius 3 is 0.722 bits per heavy atom. The van der Waals surface area contributed by atoms with Gasteiger partial charge in [-0.05, 0) is 103 Å². The number of carbonyl (C=O) groups is 6. The molecule has 3 aliphatic rings. The minimum atomic E-state index is -0.157. The summed E-state index contributed by atoms with van der Waals surface area (Å²) in [5, 5.41) is 12.4. The van der Waals surface area contributed by atoms with E-state index in [2.05, 4.69) is 21.3 Å². The highest BCUT2D eigenvalue weighted by Gasteiger charge is 2.32. The van der Waals surface area contributed by atoms with Gasteiger partial charge in [-0.2, -0.15) is 0 Å². The molecule has 3 saturated carbocycles. The molecule has 3 rings (SSSR count). The van der Waals surface area contributed by atoms with Gasteiger partial charge in [-0.25, -0.2) is 0 Å². The maximum absolute atomic E-state index is 12.7. The van der Waals surface area contributed by atoms with Crippen LogP contribution >= 0.6 is 0 Å². The highest BCUT2D eigenvalue weighted by Crippen LogP contribution is 2.31. The maximum Gasteiger partial charge on any atom is 0.308 e. The molecular weight excluding hydrogens is 688 g/mol. The molecule has 0 heterocycles. The second kappa shape index (κ2) is 26.6. The van der Waals surface area contributed by atoms with Crippen molar-refractivity contribution in [3.63, 3.8) is 0 Å². The van der Waals surface area contributed by atoms with Gasteiger partial charge in [0, 0.05) is 49.9 Å². The first-order valence-corrected chi connectivity index (χ1v) is 21.5. The summed E-state index contributed by atoms with van der Waals surface area (Å²) in [7, 11) is 2.84. The molecule has 54 heavy (non-hydrogen) atoms. The Morgan fingerprint density at radius 2 is 0.519 bits per heavy atom. The van der Waals surface area contributed by atoms with Crippen LogP contribution in [0.4, 0.5) is 0 Å². The van der Waals surface area contributed by atoms with Crippen molar-refractivity contribution in [2.45, 2.75) is 154 Å². The van der Waals surface area contributed by atoms with E-state index in [0.29, 0.717) is 26.2 Å². The zero-order chi connectivity index (χ0) is 39.0. The zero-order valence-corrected chi connectivity index (χ0v) is 33.5. The summed E-state index contributed by atoms with van der Waals surface area (Å²) in [4.78, 5) is 73.6. The lowest BCUT2D eigenvalue weighted by Crippen LogP contribution is -2.38. The molecule has 4 amide bonds. The summed E-state index contributed by atoms with van der Waals surface area (Å²) in [5.41, 5.74) is 0. The molecule has 0 spiro atoms. The minimum absolute atomic E-state index is 0.00789. The molecule has 12 nitrogen and oxygen atoms in total. The highest BCUT2D eigenvalue weighted by atomic mass is 16.5. The van der Waals surface area contributed by atoms with E-state index < -0.39 is 0 Å². The van der Waals surface area contributed by atoms with E-state index in [-0.39, 0.29) is 71.1 Å². The van der Waals surface area contributed by atoms with E-state index in [4.69, 9.17) is 9.47 Å². The minimum Gasteiger partial charge on any atom is -0.469 e.